The van der Waals surface area contributed by atoms with Gasteiger partial charge in [0, 0.05) is 26.2 Å². The molecule has 1 aliphatic rings. The van der Waals surface area contributed by atoms with E-state index in [4.69, 9.17) is 16.6 Å². The molecule has 1 aromatic carbocycles. The summed E-state index contributed by atoms with van der Waals surface area (Å²) in [4.78, 5) is 13.7. The molecule has 0 N–H and O–H groups in total. The van der Waals surface area contributed by atoms with Gasteiger partial charge in [-0.15, -0.1) is 0 Å². The number of rotatable bonds is 1. The van der Waals surface area contributed by atoms with Gasteiger partial charge in [0.15, 0.2) is 11.0 Å². The average Bonchev–Trinajstić information content (AvgIpc) is 2.40. The molecular weight excluding hydrogens is 260 g/mol. The van der Waals surface area contributed by atoms with E-state index in [-0.39, 0.29) is 0 Å². The van der Waals surface area contributed by atoms with Gasteiger partial charge >= 0.3 is 0 Å². The van der Waals surface area contributed by atoms with Crippen LogP contribution in [0, 0.1) is 6.92 Å². The highest BCUT2D eigenvalue weighted by Crippen LogP contribution is 2.25. The van der Waals surface area contributed by atoms with Crippen molar-refractivity contribution in [3.63, 3.8) is 0 Å². The van der Waals surface area contributed by atoms with Gasteiger partial charge in [-0.1, -0.05) is 17.7 Å². The second-order valence-electron chi connectivity index (χ2n) is 5.12. The number of likely N-dealkylation sites (N-methyl/N-ethyl adjacent to an activating group) is 1. The number of piperazine rings is 1. The van der Waals surface area contributed by atoms with Crippen LogP contribution >= 0.6 is 11.6 Å². The molecular formula is C14H17ClN4. The lowest BCUT2D eigenvalue weighted by molar-refractivity contribution is 0.312. The Bertz CT molecular complexity index is 606. The van der Waals surface area contributed by atoms with Gasteiger partial charge in [0.1, 0.15) is 0 Å². The van der Waals surface area contributed by atoms with E-state index in [0.717, 1.165) is 43.0 Å². The molecule has 4 nitrogen and oxygen atoms in total. The van der Waals surface area contributed by atoms with E-state index in [0.29, 0.717) is 5.15 Å². The molecule has 0 aliphatic carbocycles. The molecule has 0 saturated carbocycles. The summed E-state index contributed by atoms with van der Waals surface area (Å²) in [6.07, 6.45) is 0. The van der Waals surface area contributed by atoms with Crippen LogP contribution in [0.3, 0.4) is 0 Å². The molecule has 0 unspecified atom stereocenters. The standard InChI is InChI=1S/C14H17ClN4/c1-10-3-4-11-12(9-10)17-14(13(15)16-11)19-7-5-18(2)6-8-19/h3-4,9H,5-8H2,1-2H3. The molecule has 3 rings (SSSR count). The lowest BCUT2D eigenvalue weighted by Crippen LogP contribution is -2.45. The molecule has 1 aliphatic heterocycles. The second kappa shape index (κ2) is 4.94. The summed E-state index contributed by atoms with van der Waals surface area (Å²) in [7, 11) is 2.13. The third kappa shape index (κ3) is 2.51. The molecule has 0 spiro atoms. The highest BCUT2D eigenvalue weighted by Gasteiger charge is 2.19. The van der Waals surface area contributed by atoms with Gasteiger partial charge in [-0.3, -0.25) is 0 Å². The Kier molecular flexibility index (Phi) is 3.29. The molecule has 1 fully saturated rings. The van der Waals surface area contributed by atoms with Crippen LogP contribution in [0.15, 0.2) is 18.2 Å². The van der Waals surface area contributed by atoms with Crippen molar-refractivity contribution in [3.8, 4) is 0 Å². The summed E-state index contributed by atoms with van der Waals surface area (Å²) >= 11 is 6.28. The number of anilines is 1. The maximum absolute atomic E-state index is 6.28. The third-order valence-corrected chi connectivity index (χ3v) is 3.82. The molecule has 19 heavy (non-hydrogen) atoms. The van der Waals surface area contributed by atoms with Crippen LogP contribution in [-0.2, 0) is 0 Å². The fraction of sp³-hybridized carbons (Fsp3) is 0.429. The molecule has 2 aromatic rings. The predicted molar refractivity (Wildman–Crippen MR) is 79.0 cm³/mol. The molecule has 2 heterocycles. The van der Waals surface area contributed by atoms with Crippen molar-refractivity contribution in [2.45, 2.75) is 6.92 Å². The Morgan fingerprint density at radius 2 is 1.79 bits per heavy atom. The lowest BCUT2D eigenvalue weighted by atomic mass is 10.2. The number of hydrogen-bond donors (Lipinski definition) is 0. The monoisotopic (exact) mass is 276 g/mol. The Balaban J connectivity index is 2.00. The van der Waals surface area contributed by atoms with E-state index in [1.54, 1.807) is 0 Å². The molecule has 0 bridgehead atoms. The molecule has 0 radical (unpaired) electrons. The van der Waals surface area contributed by atoms with E-state index >= 15 is 0 Å². The summed E-state index contributed by atoms with van der Waals surface area (Å²) < 4.78 is 0. The summed E-state index contributed by atoms with van der Waals surface area (Å²) in [6, 6.07) is 6.05. The van der Waals surface area contributed by atoms with Crippen LogP contribution in [0.5, 0.6) is 0 Å². The molecule has 100 valence electrons. The number of nitrogens with zero attached hydrogens (tertiary/aromatic N) is 4. The quantitative estimate of drug-likeness (QED) is 0.800. The number of benzene rings is 1. The largest absolute Gasteiger partial charge is 0.351 e. The number of hydrogen-bond acceptors (Lipinski definition) is 4. The smallest absolute Gasteiger partial charge is 0.172 e. The minimum Gasteiger partial charge on any atom is -0.351 e. The van der Waals surface area contributed by atoms with Crippen LogP contribution in [0.1, 0.15) is 5.56 Å². The third-order valence-electron chi connectivity index (χ3n) is 3.56. The predicted octanol–water partition coefficient (Wildman–Crippen LogP) is 2.34. The molecule has 5 heteroatoms. The molecule has 1 aromatic heterocycles. The maximum atomic E-state index is 6.28. The first kappa shape index (κ1) is 12.6. The zero-order valence-electron chi connectivity index (χ0n) is 11.2. The summed E-state index contributed by atoms with van der Waals surface area (Å²) in [6.45, 7) is 6.02. The maximum Gasteiger partial charge on any atom is 0.172 e. The fourth-order valence-electron chi connectivity index (χ4n) is 2.35. The van der Waals surface area contributed by atoms with Gasteiger partial charge in [0.25, 0.3) is 0 Å². The lowest BCUT2D eigenvalue weighted by Gasteiger charge is -2.33. The minimum absolute atomic E-state index is 0.501. The number of aromatic nitrogens is 2. The van der Waals surface area contributed by atoms with Crippen molar-refractivity contribution in [1.29, 1.82) is 0 Å². The van der Waals surface area contributed by atoms with Crippen molar-refractivity contribution in [2.75, 3.05) is 38.1 Å². The Morgan fingerprint density at radius 3 is 2.53 bits per heavy atom. The Hall–Kier alpha value is -1.39. The zero-order valence-corrected chi connectivity index (χ0v) is 12.0. The van der Waals surface area contributed by atoms with Crippen molar-refractivity contribution >= 4 is 28.5 Å². The van der Waals surface area contributed by atoms with Gasteiger partial charge in [-0.2, -0.15) is 0 Å². The normalized spacial score (nSPS) is 17.1. The van der Waals surface area contributed by atoms with Gasteiger partial charge in [0.05, 0.1) is 11.0 Å². The summed E-state index contributed by atoms with van der Waals surface area (Å²) in [5.41, 5.74) is 2.96. The van der Waals surface area contributed by atoms with Gasteiger partial charge in [-0.05, 0) is 31.7 Å². The Morgan fingerprint density at radius 1 is 1.05 bits per heavy atom. The Labute approximate surface area is 118 Å². The highest BCUT2D eigenvalue weighted by atomic mass is 35.5. The topological polar surface area (TPSA) is 32.3 Å². The number of aryl methyl sites for hydroxylation is 1. The van der Waals surface area contributed by atoms with Crippen LogP contribution in [0.4, 0.5) is 5.82 Å². The molecule has 0 amide bonds. The van der Waals surface area contributed by atoms with E-state index in [1.165, 1.54) is 5.56 Å². The molecule has 0 atom stereocenters. The van der Waals surface area contributed by atoms with E-state index in [1.807, 2.05) is 12.1 Å². The SMILES string of the molecule is Cc1ccc2nc(Cl)c(N3CCN(C)CC3)nc2c1. The first-order chi connectivity index (χ1) is 9.13. The average molecular weight is 277 g/mol. The van der Waals surface area contributed by atoms with Gasteiger partial charge in [-0.25, -0.2) is 9.97 Å². The number of fused-ring (bicyclic) bond motifs is 1. The van der Waals surface area contributed by atoms with Crippen molar-refractivity contribution in [1.82, 2.24) is 14.9 Å². The van der Waals surface area contributed by atoms with E-state index < -0.39 is 0 Å². The van der Waals surface area contributed by atoms with Crippen molar-refractivity contribution < 1.29 is 0 Å². The number of halogens is 1. The fourth-order valence-corrected chi connectivity index (χ4v) is 2.61. The van der Waals surface area contributed by atoms with Crippen LogP contribution in [0.2, 0.25) is 5.15 Å². The van der Waals surface area contributed by atoms with Gasteiger partial charge < -0.3 is 9.80 Å². The first-order valence-electron chi connectivity index (χ1n) is 6.51. The van der Waals surface area contributed by atoms with E-state index in [2.05, 4.69) is 34.8 Å². The van der Waals surface area contributed by atoms with Crippen molar-refractivity contribution in [3.05, 3.63) is 28.9 Å². The highest BCUT2D eigenvalue weighted by molar-refractivity contribution is 6.32. The minimum atomic E-state index is 0.501. The second-order valence-corrected chi connectivity index (χ2v) is 5.48. The van der Waals surface area contributed by atoms with Crippen LogP contribution in [0.25, 0.3) is 11.0 Å². The van der Waals surface area contributed by atoms with Gasteiger partial charge in [0.2, 0.25) is 0 Å². The summed E-state index contributed by atoms with van der Waals surface area (Å²) in [5, 5.41) is 0.501. The van der Waals surface area contributed by atoms with Crippen LogP contribution < -0.4 is 4.90 Å². The van der Waals surface area contributed by atoms with E-state index in [9.17, 15) is 0 Å². The molecule has 1 saturated heterocycles. The zero-order chi connectivity index (χ0) is 13.4. The van der Waals surface area contributed by atoms with Crippen LogP contribution in [-0.4, -0.2) is 48.1 Å². The first-order valence-corrected chi connectivity index (χ1v) is 6.89. The van der Waals surface area contributed by atoms with Crippen molar-refractivity contribution in [2.24, 2.45) is 0 Å². The summed E-state index contributed by atoms with van der Waals surface area (Å²) in [5.74, 6) is 0.813.